The first-order chi connectivity index (χ1) is 13.6. The molecule has 0 aliphatic heterocycles. The number of alkyl carbamates (subject to hydrolysis) is 1. The van der Waals surface area contributed by atoms with Crippen LogP contribution in [0.15, 0.2) is 40.9 Å². The van der Waals surface area contributed by atoms with Gasteiger partial charge in [-0.05, 0) is 38.3 Å². The van der Waals surface area contributed by atoms with E-state index >= 15 is 0 Å². The summed E-state index contributed by atoms with van der Waals surface area (Å²) in [7, 11) is 3.07. The molecule has 29 heavy (non-hydrogen) atoms. The van der Waals surface area contributed by atoms with Crippen LogP contribution in [-0.4, -0.2) is 34.6 Å². The van der Waals surface area contributed by atoms with Gasteiger partial charge in [0, 0.05) is 13.5 Å². The molecule has 1 aromatic heterocycles. The molecule has 0 saturated carbocycles. The highest BCUT2D eigenvalue weighted by Gasteiger charge is 2.20. The third-order valence-corrected chi connectivity index (χ3v) is 4.09. The number of hydrogen-bond donors (Lipinski definition) is 1. The maximum absolute atomic E-state index is 12.5. The van der Waals surface area contributed by atoms with Crippen molar-refractivity contribution in [3.8, 4) is 11.8 Å². The van der Waals surface area contributed by atoms with Gasteiger partial charge in [-0.1, -0.05) is 24.3 Å². The summed E-state index contributed by atoms with van der Waals surface area (Å²) in [6.45, 7) is 5.28. The van der Waals surface area contributed by atoms with E-state index in [9.17, 15) is 14.9 Å². The molecule has 0 bridgehead atoms. The van der Waals surface area contributed by atoms with Crippen molar-refractivity contribution < 1.29 is 14.3 Å². The second kappa shape index (κ2) is 9.24. The Morgan fingerprint density at radius 1 is 1.38 bits per heavy atom. The molecule has 1 atom stereocenters. The molecule has 8 heteroatoms. The number of nitrogens with one attached hydrogen (secondary N) is 1. The standard InChI is InChI=1S/C21H26N4O4/c1-21(2,3)29-20(27)24-16(12-22)11-14-7-6-8-15(10-9-14)18-17(28-5)13-23-25(4)19(18)26/h7-10,13,16H,6,11H2,1-5H3,(H,24,27)/t16-/m0/s1. The topological polar surface area (TPSA) is 106 Å². The second-order valence-corrected chi connectivity index (χ2v) is 7.56. The van der Waals surface area contributed by atoms with E-state index in [1.807, 2.05) is 18.2 Å². The molecule has 0 aromatic carbocycles. The molecule has 8 nitrogen and oxygen atoms in total. The largest absolute Gasteiger partial charge is 0.494 e. The van der Waals surface area contributed by atoms with Gasteiger partial charge in [0.15, 0.2) is 5.75 Å². The molecular formula is C21H26N4O4. The van der Waals surface area contributed by atoms with E-state index in [0.717, 1.165) is 5.57 Å². The molecule has 1 amide bonds. The van der Waals surface area contributed by atoms with Crippen LogP contribution >= 0.6 is 0 Å². The maximum atomic E-state index is 12.5. The van der Waals surface area contributed by atoms with E-state index in [1.165, 1.54) is 18.0 Å². The molecule has 1 aliphatic rings. The van der Waals surface area contributed by atoms with Crippen LogP contribution in [0, 0.1) is 11.3 Å². The number of hydrogen-bond acceptors (Lipinski definition) is 6. The van der Waals surface area contributed by atoms with E-state index in [1.54, 1.807) is 33.9 Å². The number of nitrogens with zero attached hydrogens (tertiary/aromatic N) is 3. The van der Waals surface area contributed by atoms with Gasteiger partial charge in [-0.3, -0.25) is 4.79 Å². The lowest BCUT2D eigenvalue weighted by Crippen LogP contribution is -2.38. The predicted octanol–water partition coefficient (Wildman–Crippen LogP) is 2.87. The number of allylic oxidation sites excluding steroid dienone is 5. The van der Waals surface area contributed by atoms with E-state index < -0.39 is 17.7 Å². The SMILES string of the molecule is COc1cnn(C)c(=O)c1C1=CCC=C(C[C@@H](C#N)NC(=O)OC(C)(C)C)C=C1. The van der Waals surface area contributed by atoms with Gasteiger partial charge in [-0.2, -0.15) is 10.4 Å². The Hall–Kier alpha value is -3.34. The summed E-state index contributed by atoms with van der Waals surface area (Å²) >= 11 is 0. The Balaban J connectivity index is 2.14. The lowest BCUT2D eigenvalue weighted by Gasteiger charge is -2.21. The maximum Gasteiger partial charge on any atom is 0.408 e. The Kier molecular flexibility index (Phi) is 6.99. The fourth-order valence-electron chi connectivity index (χ4n) is 2.77. The highest BCUT2D eigenvalue weighted by molar-refractivity contribution is 5.78. The van der Waals surface area contributed by atoms with Crippen LogP contribution in [0.5, 0.6) is 5.75 Å². The lowest BCUT2D eigenvalue weighted by molar-refractivity contribution is 0.0516. The average Bonchev–Trinajstić information content (AvgIpc) is 2.87. The van der Waals surface area contributed by atoms with Crippen LogP contribution < -0.4 is 15.6 Å². The molecule has 0 saturated heterocycles. The van der Waals surface area contributed by atoms with Gasteiger partial charge < -0.3 is 14.8 Å². The summed E-state index contributed by atoms with van der Waals surface area (Å²) in [5, 5.41) is 15.9. The first-order valence-corrected chi connectivity index (χ1v) is 9.21. The molecule has 1 heterocycles. The molecule has 0 spiro atoms. The molecule has 1 aliphatic carbocycles. The predicted molar refractivity (Wildman–Crippen MR) is 109 cm³/mol. The van der Waals surface area contributed by atoms with Crippen molar-refractivity contribution in [2.45, 2.75) is 45.3 Å². The van der Waals surface area contributed by atoms with Crippen molar-refractivity contribution in [1.82, 2.24) is 15.1 Å². The number of carbonyl (C=O) groups excluding carboxylic acids is 1. The lowest BCUT2D eigenvalue weighted by atomic mass is 10.0. The number of rotatable bonds is 5. The van der Waals surface area contributed by atoms with Crippen molar-refractivity contribution in [3.05, 3.63) is 52.0 Å². The molecule has 0 radical (unpaired) electrons. The third-order valence-electron chi connectivity index (χ3n) is 4.09. The normalized spacial score (nSPS) is 14.8. The van der Waals surface area contributed by atoms with Gasteiger partial charge in [0.2, 0.25) is 0 Å². The Morgan fingerprint density at radius 2 is 2.10 bits per heavy atom. The molecule has 2 rings (SSSR count). The van der Waals surface area contributed by atoms with E-state index in [4.69, 9.17) is 9.47 Å². The molecule has 1 N–H and O–H groups in total. The monoisotopic (exact) mass is 398 g/mol. The zero-order valence-corrected chi connectivity index (χ0v) is 17.4. The highest BCUT2D eigenvalue weighted by atomic mass is 16.6. The number of aryl methyl sites for hydroxylation is 1. The summed E-state index contributed by atoms with van der Waals surface area (Å²) in [4.78, 5) is 24.5. The summed E-state index contributed by atoms with van der Waals surface area (Å²) < 4.78 is 11.8. The van der Waals surface area contributed by atoms with Crippen LogP contribution in [0.25, 0.3) is 5.57 Å². The van der Waals surface area contributed by atoms with Gasteiger partial charge in [-0.25, -0.2) is 9.48 Å². The first-order valence-electron chi connectivity index (χ1n) is 9.21. The van der Waals surface area contributed by atoms with Crippen LogP contribution in [0.2, 0.25) is 0 Å². The number of amides is 1. The minimum absolute atomic E-state index is 0.259. The van der Waals surface area contributed by atoms with Crippen molar-refractivity contribution in [3.63, 3.8) is 0 Å². The number of carbonyl (C=O) groups is 1. The molecule has 154 valence electrons. The summed E-state index contributed by atoms with van der Waals surface area (Å²) in [6, 6.07) is 1.35. The number of nitriles is 1. The molecule has 0 fully saturated rings. The number of methoxy groups -OCH3 is 1. The van der Waals surface area contributed by atoms with Gasteiger partial charge in [-0.15, -0.1) is 0 Å². The van der Waals surface area contributed by atoms with Gasteiger partial charge in [0.25, 0.3) is 5.56 Å². The Morgan fingerprint density at radius 3 is 2.72 bits per heavy atom. The second-order valence-electron chi connectivity index (χ2n) is 7.56. The molecular weight excluding hydrogens is 372 g/mol. The van der Waals surface area contributed by atoms with E-state index in [2.05, 4.69) is 16.5 Å². The van der Waals surface area contributed by atoms with Crippen molar-refractivity contribution in [2.24, 2.45) is 7.05 Å². The van der Waals surface area contributed by atoms with Crippen molar-refractivity contribution in [2.75, 3.05) is 7.11 Å². The van der Waals surface area contributed by atoms with Gasteiger partial charge in [0.05, 0.1) is 24.9 Å². The minimum atomic E-state index is -0.731. The number of aromatic nitrogens is 2. The minimum Gasteiger partial charge on any atom is -0.494 e. The summed E-state index contributed by atoms with van der Waals surface area (Å²) in [5.41, 5.74) is 1.11. The number of ether oxygens (including phenoxy) is 2. The van der Waals surface area contributed by atoms with E-state index in [-0.39, 0.29) is 5.56 Å². The zero-order valence-electron chi connectivity index (χ0n) is 17.4. The first kappa shape index (κ1) is 22.0. The molecule has 1 aromatic rings. The van der Waals surface area contributed by atoms with Crippen molar-refractivity contribution >= 4 is 11.7 Å². The fourth-order valence-corrected chi connectivity index (χ4v) is 2.77. The van der Waals surface area contributed by atoms with Crippen LogP contribution in [0.1, 0.15) is 39.2 Å². The van der Waals surface area contributed by atoms with Gasteiger partial charge in [0.1, 0.15) is 11.6 Å². The Bertz CT molecular complexity index is 958. The highest BCUT2D eigenvalue weighted by Crippen LogP contribution is 2.26. The smallest absolute Gasteiger partial charge is 0.408 e. The third kappa shape index (κ3) is 6.07. The summed E-state index contributed by atoms with van der Waals surface area (Å²) in [5.74, 6) is 0.397. The zero-order chi connectivity index (χ0) is 21.6. The Labute approximate surface area is 170 Å². The average molecular weight is 398 g/mol. The van der Waals surface area contributed by atoms with Crippen molar-refractivity contribution in [1.29, 1.82) is 5.26 Å². The van der Waals surface area contributed by atoms with Crippen LogP contribution in [-0.2, 0) is 11.8 Å². The van der Waals surface area contributed by atoms with Crippen LogP contribution in [0.3, 0.4) is 0 Å². The quantitative estimate of drug-likeness (QED) is 0.817. The van der Waals surface area contributed by atoms with E-state index in [0.29, 0.717) is 29.7 Å². The fraction of sp³-hybridized carbons (Fsp3) is 0.429. The van der Waals surface area contributed by atoms with Gasteiger partial charge >= 0.3 is 6.09 Å². The molecule has 0 unspecified atom stereocenters. The summed E-state index contributed by atoms with van der Waals surface area (Å²) in [6.07, 6.45) is 9.25. The van der Waals surface area contributed by atoms with Crippen LogP contribution in [0.4, 0.5) is 4.79 Å².